The number of non-ortho nitro benzene ring substituents is 1. The highest BCUT2D eigenvalue weighted by Gasteiger charge is 2.30. The lowest BCUT2D eigenvalue weighted by Crippen LogP contribution is -2.42. The average Bonchev–Trinajstić information content (AvgIpc) is 3.28. The normalized spacial score (nSPS) is 15.1. The molecule has 3 aromatic rings. The summed E-state index contributed by atoms with van der Waals surface area (Å²) in [5.41, 5.74) is 6.70. The Balaban J connectivity index is 1.44. The highest BCUT2D eigenvalue weighted by atomic mass is 35.5. The summed E-state index contributed by atoms with van der Waals surface area (Å²) in [7, 11) is -3.68. The average molecular weight is 535 g/mol. The molecule has 0 unspecified atom stereocenters. The number of nitrogens with one attached hydrogen (secondary N) is 1. The van der Waals surface area contributed by atoms with Gasteiger partial charge in [0.25, 0.3) is 15.7 Å². The summed E-state index contributed by atoms with van der Waals surface area (Å²) in [6.45, 7) is 0.759. The third-order valence-corrected chi connectivity index (χ3v) is 9.50. The largest absolute Gasteiger partial charge is 0.382 e. The molecule has 35 heavy (non-hydrogen) atoms. The fraction of sp³-hybridized carbons (Fsp3) is 0.261. The van der Waals surface area contributed by atoms with E-state index < -0.39 is 20.9 Å². The topological polar surface area (TPSA) is 136 Å². The van der Waals surface area contributed by atoms with Crippen LogP contribution in [0, 0.1) is 10.1 Å². The minimum Gasteiger partial charge on any atom is -0.382 e. The van der Waals surface area contributed by atoms with Gasteiger partial charge >= 0.3 is 0 Å². The number of piperidine rings is 1. The third-order valence-electron chi connectivity index (χ3n) is 5.81. The minimum absolute atomic E-state index is 0.139. The van der Waals surface area contributed by atoms with Crippen molar-refractivity contribution >= 4 is 50.2 Å². The van der Waals surface area contributed by atoms with Crippen LogP contribution in [-0.2, 0) is 16.4 Å². The van der Waals surface area contributed by atoms with Crippen molar-refractivity contribution in [3.8, 4) is 0 Å². The zero-order valence-electron chi connectivity index (χ0n) is 18.5. The van der Waals surface area contributed by atoms with Crippen LogP contribution < -0.4 is 11.1 Å². The first-order chi connectivity index (χ1) is 16.6. The van der Waals surface area contributed by atoms with Crippen LogP contribution >= 0.6 is 22.9 Å². The van der Waals surface area contributed by atoms with Gasteiger partial charge in [0.15, 0.2) is 0 Å². The molecule has 1 aliphatic heterocycles. The molecule has 12 heteroatoms. The Morgan fingerprint density at radius 2 is 1.91 bits per heavy atom. The molecule has 2 aromatic carbocycles. The molecule has 0 spiro atoms. The Labute approximate surface area is 211 Å². The second kappa shape index (κ2) is 10.3. The number of sulfonamides is 1. The van der Waals surface area contributed by atoms with Gasteiger partial charge in [-0.3, -0.25) is 14.9 Å². The molecule has 9 nitrogen and oxygen atoms in total. The molecule has 0 saturated carbocycles. The van der Waals surface area contributed by atoms with E-state index in [2.05, 4.69) is 5.32 Å². The van der Waals surface area contributed by atoms with Gasteiger partial charge in [-0.2, -0.15) is 4.31 Å². The molecular weight excluding hydrogens is 512 g/mol. The quantitative estimate of drug-likeness (QED) is 0.327. The van der Waals surface area contributed by atoms with Crippen LogP contribution in [0.5, 0.6) is 0 Å². The summed E-state index contributed by atoms with van der Waals surface area (Å²) in [4.78, 5) is 23.0. The van der Waals surface area contributed by atoms with E-state index in [9.17, 15) is 23.3 Å². The van der Waals surface area contributed by atoms with Crippen molar-refractivity contribution in [3.63, 3.8) is 0 Å². The second-order valence-corrected chi connectivity index (χ2v) is 12.0. The van der Waals surface area contributed by atoms with Crippen molar-refractivity contribution in [1.82, 2.24) is 4.31 Å². The summed E-state index contributed by atoms with van der Waals surface area (Å²) < 4.78 is 28.1. The molecule has 4 rings (SSSR count). The van der Waals surface area contributed by atoms with E-state index in [1.54, 1.807) is 12.1 Å². The number of primary amides is 1. The van der Waals surface area contributed by atoms with Gasteiger partial charge in [0.2, 0.25) is 5.91 Å². The lowest BCUT2D eigenvalue weighted by molar-refractivity contribution is -0.384. The number of nitrogens with two attached hydrogens (primary N) is 1. The van der Waals surface area contributed by atoms with Crippen LogP contribution in [0.3, 0.4) is 0 Å². The number of rotatable bonds is 8. The van der Waals surface area contributed by atoms with E-state index in [-0.39, 0.29) is 27.9 Å². The monoisotopic (exact) mass is 534 g/mol. The number of halogens is 1. The van der Waals surface area contributed by atoms with E-state index in [0.717, 1.165) is 17.0 Å². The number of thiophene rings is 1. The van der Waals surface area contributed by atoms with E-state index in [4.69, 9.17) is 17.3 Å². The molecule has 1 aliphatic rings. The fourth-order valence-corrected chi connectivity index (χ4v) is 7.23. The van der Waals surface area contributed by atoms with Gasteiger partial charge in [0, 0.05) is 58.8 Å². The molecule has 3 N–H and O–H groups in total. The van der Waals surface area contributed by atoms with Crippen molar-refractivity contribution in [2.24, 2.45) is 5.73 Å². The number of nitrogens with zero attached hydrogens (tertiary/aromatic N) is 2. The molecule has 0 atom stereocenters. The number of amides is 1. The predicted octanol–water partition coefficient (Wildman–Crippen LogP) is 4.26. The van der Waals surface area contributed by atoms with Crippen molar-refractivity contribution in [3.05, 3.63) is 85.7 Å². The van der Waals surface area contributed by atoms with Crippen LogP contribution in [0.25, 0.3) is 0 Å². The Hall–Kier alpha value is -2.99. The molecule has 184 valence electrons. The molecule has 1 fully saturated rings. The van der Waals surface area contributed by atoms with Gasteiger partial charge in [-0.05, 0) is 54.8 Å². The maximum atomic E-state index is 13.2. The molecule has 0 bridgehead atoms. The predicted molar refractivity (Wildman–Crippen MR) is 136 cm³/mol. The summed E-state index contributed by atoms with van der Waals surface area (Å²) in [6, 6.07) is 14.6. The Kier molecular flexibility index (Phi) is 7.41. The van der Waals surface area contributed by atoms with Gasteiger partial charge in [-0.15, -0.1) is 11.3 Å². The van der Waals surface area contributed by atoms with E-state index in [1.165, 1.54) is 28.6 Å². The first-order valence-corrected chi connectivity index (χ1v) is 13.4. The van der Waals surface area contributed by atoms with E-state index >= 15 is 0 Å². The molecule has 0 radical (unpaired) electrons. The van der Waals surface area contributed by atoms with Crippen molar-refractivity contribution < 1.29 is 18.1 Å². The third kappa shape index (κ3) is 5.81. The van der Waals surface area contributed by atoms with Crippen molar-refractivity contribution in [1.29, 1.82) is 0 Å². The summed E-state index contributed by atoms with van der Waals surface area (Å²) in [5, 5.41) is 15.2. The van der Waals surface area contributed by atoms with Gasteiger partial charge in [-0.25, -0.2) is 8.42 Å². The number of hydrogen-bond donors (Lipinski definition) is 2. The Bertz CT molecular complexity index is 1370. The van der Waals surface area contributed by atoms with Crippen LogP contribution in [0.1, 0.15) is 33.6 Å². The minimum atomic E-state index is -3.68. The lowest BCUT2D eigenvalue weighted by atomic mass is 10.0. The molecule has 1 amide bonds. The summed E-state index contributed by atoms with van der Waals surface area (Å²) in [5.74, 6) is -0.700. The number of nitro groups is 1. The Morgan fingerprint density at radius 3 is 2.57 bits per heavy atom. The first-order valence-electron chi connectivity index (χ1n) is 10.8. The number of anilines is 1. The Morgan fingerprint density at radius 1 is 1.17 bits per heavy atom. The molecule has 0 aliphatic carbocycles. The molecule has 2 heterocycles. The number of nitro benzene ring substituents is 1. The zero-order chi connectivity index (χ0) is 25.2. The molecule has 1 aromatic heterocycles. The number of hydrogen-bond acceptors (Lipinski definition) is 7. The number of carbonyl (C=O) groups is 1. The van der Waals surface area contributed by atoms with Gasteiger partial charge < -0.3 is 11.1 Å². The maximum absolute atomic E-state index is 13.2. The highest BCUT2D eigenvalue weighted by Crippen LogP contribution is 2.30. The van der Waals surface area contributed by atoms with Crippen LogP contribution in [-0.4, -0.2) is 42.7 Å². The van der Waals surface area contributed by atoms with E-state index in [0.29, 0.717) is 41.4 Å². The maximum Gasteiger partial charge on any atom is 0.269 e. The number of carbonyl (C=O) groups excluding carboxylic acids is 1. The fourth-order valence-electron chi connectivity index (χ4n) is 4.04. The van der Waals surface area contributed by atoms with E-state index in [1.807, 2.05) is 18.2 Å². The first kappa shape index (κ1) is 25.1. The summed E-state index contributed by atoms with van der Waals surface area (Å²) in [6.07, 6.45) is 1.46. The molecule has 1 saturated heterocycles. The zero-order valence-corrected chi connectivity index (χ0v) is 20.9. The summed E-state index contributed by atoms with van der Waals surface area (Å²) >= 11 is 7.12. The van der Waals surface area contributed by atoms with Gasteiger partial charge in [0.05, 0.1) is 4.92 Å². The second-order valence-electron chi connectivity index (χ2n) is 8.19. The van der Waals surface area contributed by atoms with Crippen LogP contribution in [0.4, 0.5) is 11.4 Å². The molecular formula is C23H23ClN4O5S2. The van der Waals surface area contributed by atoms with Crippen molar-refractivity contribution in [2.75, 3.05) is 18.4 Å². The van der Waals surface area contributed by atoms with Gasteiger partial charge in [-0.1, -0.05) is 17.7 Å². The van der Waals surface area contributed by atoms with Crippen molar-refractivity contribution in [2.45, 2.75) is 29.5 Å². The van der Waals surface area contributed by atoms with Crippen LogP contribution in [0.15, 0.2) is 58.8 Å². The SMILES string of the molecule is NC(=O)c1ccc([N+](=O)[O-])cc1Cc1ccc(S(=O)(=O)N2CCC(Nc3cccc(Cl)c3)CC2)s1. The number of benzene rings is 2. The standard InChI is InChI=1S/C23H23ClN4O5S2/c24-16-2-1-3-18(14-16)26-17-8-10-27(11-9-17)35(32,33)22-7-5-20(34-22)13-15-12-19(28(30)31)4-6-21(15)23(25)29/h1-7,12,14,17,26H,8-11,13H2,(H2,25,29). The van der Waals surface area contributed by atoms with Crippen LogP contribution in [0.2, 0.25) is 5.02 Å². The smallest absolute Gasteiger partial charge is 0.269 e. The highest BCUT2D eigenvalue weighted by molar-refractivity contribution is 7.91. The lowest BCUT2D eigenvalue weighted by Gasteiger charge is -2.31. The van der Waals surface area contributed by atoms with Gasteiger partial charge in [0.1, 0.15) is 4.21 Å².